The standard InChI is InChI=1S/C9H16N2O4/c1-2-3-10-9(15)11-4-6(12)8(14)7(13)5-11/h2,6-8,12-14H,1,3-5H2,(H,10,15). The van der Waals surface area contributed by atoms with Crippen LogP contribution in [-0.4, -0.2) is 64.2 Å². The molecule has 15 heavy (non-hydrogen) atoms. The summed E-state index contributed by atoms with van der Waals surface area (Å²) in [6.45, 7) is 3.80. The number of piperidine rings is 1. The number of aliphatic hydroxyl groups excluding tert-OH is 3. The minimum Gasteiger partial charge on any atom is -0.388 e. The topological polar surface area (TPSA) is 93.0 Å². The summed E-state index contributed by atoms with van der Waals surface area (Å²) < 4.78 is 0. The summed E-state index contributed by atoms with van der Waals surface area (Å²) in [5, 5.41) is 30.5. The van der Waals surface area contributed by atoms with Gasteiger partial charge in [0.1, 0.15) is 18.3 Å². The van der Waals surface area contributed by atoms with E-state index in [1.807, 2.05) is 0 Å². The van der Waals surface area contributed by atoms with Gasteiger partial charge in [-0.05, 0) is 0 Å². The van der Waals surface area contributed by atoms with Crippen molar-refractivity contribution in [3.05, 3.63) is 12.7 Å². The number of nitrogens with one attached hydrogen (secondary N) is 1. The summed E-state index contributed by atoms with van der Waals surface area (Å²) in [5.74, 6) is 0. The van der Waals surface area contributed by atoms with Gasteiger partial charge in [0.2, 0.25) is 0 Å². The monoisotopic (exact) mass is 216 g/mol. The maximum Gasteiger partial charge on any atom is 0.317 e. The number of hydrogen-bond donors (Lipinski definition) is 4. The fourth-order valence-electron chi connectivity index (χ4n) is 1.44. The molecule has 1 heterocycles. The lowest BCUT2D eigenvalue weighted by Crippen LogP contribution is -2.58. The van der Waals surface area contributed by atoms with Crippen LogP contribution < -0.4 is 5.32 Å². The smallest absolute Gasteiger partial charge is 0.317 e. The van der Waals surface area contributed by atoms with Gasteiger partial charge in [0.15, 0.2) is 0 Å². The Balaban J connectivity index is 2.50. The molecule has 0 saturated carbocycles. The van der Waals surface area contributed by atoms with Gasteiger partial charge in [-0.3, -0.25) is 0 Å². The molecule has 0 spiro atoms. The Labute approximate surface area is 87.8 Å². The average molecular weight is 216 g/mol. The molecule has 2 atom stereocenters. The van der Waals surface area contributed by atoms with Gasteiger partial charge in [0.25, 0.3) is 0 Å². The Morgan fingerprint density at radius 3 is 2.40 bits per heavy atom. The number of carbonyl (C=O) groups is 1. The van der Waals surface area contributed by atoms with Crippen molar-refractivity contribution in [3.8, 4) is 0 Å². The van der Waals surface area contributed by atoms with Crippen LogP contribution in [0.25, 0.3) is 0 Å². The molecule has 2 unspecified atom stereocenters. The second-order valence-electron chi connectivity index (χ2n) is 3.50. The second kappa shape index (κ2) is 5.11. The number of likely N-dealkylation sites (tertiary alicyclic amines) is 1. The minimum atomic E-state index is -1.19. The van der Waals surface area contributed by atoms with Crippen LogP contribution in [0.1, 0.15) is 0 Å². The number of hydrogen-bond acceptors (Lipinski definition) is 4. The predicted molar refractivity (Wildman–Crippen MR) is 53.2 cm³/mol. The van der Waals surface area contributed by atoms with Gasteiger partial charge in [-0.15, -0.1) is 6.58 Å². The van der Waals surface area contributed by atoms with Crippen molar-refractivity contribution in [1.29, 1.82) is 0 Å². The number of urea groups is 1. The highest BCUT2D eigenvalue weighted by Crippen LogP contribution is 2.11. The van der Waals surface area contributed by atoms with Crippen molar-refractivity contribution in [2.75, 3.05) is 19.6 Å². The first-order valence-corrected chi connectivity index (χ1v) is 4.74. The summed E-state index contributed by atoms with van der Waals surface area (Å²) in [6.07, 6.45) is -1.87. The number of nitrogens with zero attached hydrogens (tertiary/aromatic N) is 1. The number of aliphatic hydroxyl groups is 3. The average Bonchev–Trinajstić information content (AvgIpc) is 2.21. The molecule has 6 nitrogen and oxygen atoms in total. The molecule has 0 aromatic heterocycles. The van der Waals surface area contributed by atoms with Crippen LogP contribution in [0.4, 0.5) is 4.79 Å². The Morgan fingerprint density at radius 2 is 1.93 bits per heavy atom. The van der Waals surface area contributed by atoms with Gasteiger partial charge in [-0.1, -0.05) is 6.08 Å². The lowest BCUT2D eigenvalue weighted by molar-refractivity contribution is -0.0997. The maximum atomic E-state index is 11.4. The van der Waals surface area contributed by atoms with Gasteiger partial charge in [-0.2, -0.15) is 0 Å². The zero-order chi connectivity index (χ0) is 11.4. The predicted octanol–water partition coefficient (Wildman–Crippen LogP) is -1.72. The SMILES string of the molecule is C=CCNC(=O)N1CC(O)C(O)C(O)C1. The first-order valence-electron chi connectivity index (χ1n) is 4.74. The lowest BCUT2D eigenvalue weighted by atomic mass is 10.0. The molecule has 0 aliphatic carbocycles. The third-order valence-corrected chi connectivity index (χ3v) is 2.29. The van der Waals surface area contributed by atoms with Crippen molar-refractivity contribution in [3.63, 3.8) is 0 Å². The summed E-state index contributed by atoms with van der Waals surface area (Å²) in [5.41, 5.74) is 0. The van der Waals surface area contributed by atoms with Gasteiger partial charge in [-0.25, -0.2) is 4.79 Å². The molecule has 1 aliphatic rings. The molecule has 1 aliphatic heterocycles. The van der Waals surface area contributed by atoms with Gasteiger partial charge in [0.05, 0.1) is 13.1 Å². The van der Waals surface area contributed by atoms with Crippen LogP contribution in [0, 0.1) is 0 Å². The molecule has 86 valence electrons. The first kappa shape index (κ1) is 12.0. The number of carbonyl (C=O) groups excluding carboxylic acids is 1. The van der Waals surface area contributed by atoms with E-state index in [0.29, 0.717) is 6.54 Å². The molecule has 4 N–H and O–H groups in total. The first-order chi connectivity index (χ1) is 7.06. The lowest BCUT2D eigenvalue weighted by Gasteiger charge is -2.36. The molecule has 0 aromatic rings. The van der Waals surface area contributed by atoms with E-state index in [9.17, 15) is 20.1 Å². The van der Waals surface area contributed by atoms with Crippen molar-refractivity contribution in [1.82, 2.24) is 10.2 Å². The largest absolute Gasteiger partial charge is 0.388 e. The fourth-order valence-corrected chi connectivity index (χ4v) is 1.44. The zero-order valence-electron chi connectivity index (χ0n) is 8.33. The summed E-state index contributed by atoms with van der Waals surface area (Å²) in [7, 11) is 0. The molecule has 6 heteroatoms. The van der Waals surface area contributed by atoms with E-state index in [0.717, 1.165) is 0 Å². The Morgan fingerprint density at radius 1 is 1.40 bits per heavy atom. The van der Waals surface area contributed by atoms with E-state index in [-0.39, 0.29) is 19.1 Å². The van der Waals surface area contributed by atoms with Crippen LogP contribution >= 0.6 is 0 Å². The fraction of sp³-hybridized carbons (Fsp3) is 0.667. The van der Waals surface area contributed by atoms with E-state index >= 15 is 0 Å². The van der Waals surface area contributed by atoms with Crippen molar-refractivity contribution in [2.45, 2.75) is 18.3 Å². The third kappa shape index (κ3) is 2.92. The highest BCUT2D eigenvalue weighted by molar-refractivity contribution is 5.74. The quantitative estimate of drug-likeness (QED) is 0.413. The van der Waals surface area contributed by atoms with E-state index in [1.54, 1.807) is 0 Å². The maximum absolute atomic E-state index is 11.4. The van der Waals surface area contributed by atoms with Crippen LogP contribution in [0.2, 0.25) is 0 Å². The molecular formula is C9H16N2O4. The zero-order valence-corrected chi connectivity index (χ0v) is 8.33. The highest BCUT2D eigenvalue weighted by atomic mass is 16.4. The summed E-state index contributed by atoms with van der Waals surface area (Å²) in [6, 6.07) is -0.389. The second-order valence-corrected chi connectivity index (χ2v) is 3.50. The molecule has 1 rings (SSSR count). The molecule has 1 saturated heterocycles. The summed E-state index contributed by atoms with van der Waals surface area (Å²) in [4.78, 5) is 12.7. The number of amides is 2. The van der Waals surface area contributed by atoms with E-state index < -0.39 is 18.3 Å². The molecular weight excluding hydrogens is 200 g/mol. The van der Waals surface area contributed by atoms with Gasteiger partial charge >= 0.3 is 6.03 Å². The molecule has 0 bridgehead atoms. The molecule has 0 aromatic carbocycles. The van der Waals surface area contributed by atoms with Crippen molar-refractivity contribution in [2.24, 2.45) is 0 Å². The Kier molecular flexibility index (Phi) is 4.07. The van der Waals surface area contributed by atoms with E-state index in [2.05, 4.69) is 11.9 Å². The third-order valence-electron chi connectivity index (χ3n) is 2.29. The van der Waals surface area contributed by atoms with Crippen LogP contribution in [0.5, 0.6) is 0 Å². The molecule has 2 amide bonds. The Hall–Kier alpha value is -1.11. The van der Waals surface area contributed by atoms with Crippen LogP contribution in [-0.2, 0) is 0 Å². The molecule has 0 radical (unpaired) electrons. The van der Waals surface area contributed by atoms with Crippen LogP contribution in [0.15, 0.2) is 12.7 Å². The van der Waals surface area contributed by atoms with Crippen molar-refractivity contribution < 1.29 is 20.1 Å². The summed E-state index contributed by atoms with van der Waals surface area (Å²) >= 11 is 0. The number of rotatable bonds is 2. The van der Waals surface area contributed by atoms with Gasteiger partial charge in [0, 0.05) is 6.54 Å². The van der Waals surface area contributed by atoms with E-state index in [4.69, 9.17) is 0 Å². The Bertz CT molecular complexity index is 234. The van der Waals surface area contributed by atoms with Crippen molar-refractivity contribution >= 4 is 6.03 Å². The number of β-amino-alcohol motifs (C(OH)–C–C–N with tert-alkyl or cyclic N) is 2. The normalized spacial score (nSPS) is 31.1. The highest BCUT2D eigenvalue weighted by Gasteiger charge is 2.35. The van der Waals surface area contributed by atoms with Gasteiger partial charge < -0.3 is 25.5 Å². The van der Waals surface area contributed by atoms with E-state index in [1.165, 1.54) is 11.0 Å². The molecule has 1 fully saturated rings. The minimum absolute atomic E-state index is 0.0151. The van der Waals surface area contributed by atoms with Crippen LogP contribution in [0.3, 0.4) is 0 Å².